The van der Waals surface area contributed by atoms with Crippen LogP contribution in [0.4, 0.5) is 0 Å². The summed E-state index contributed by atoms with van der Waals surface area (Å²) in [4.78, 5) is 4.62. The first-order valence-corrected chi connectivity index (χ1v) is 6.19. The first-order chi connectivity index (χ1) is 8.18. The van der Waals surface area contributed by atoms with Crippen LogP contribution < -0.4 is 0 Å². The zero-order valence-electron chi connectivity index (χ0n) is 10.7. The van der Waals surface area contributed by atoms with Crippen molar-refractivity contribution in [1.82, 2.24) is 0 Å². The van der Waals surface area contributed by atoms with Gasteiger partial charge in [0.1, 0.15) is 0 Å². The number of hydrogen-bond acceptors (Lipinski definition) is 1. The van der Waals surface area contributed by atoms with Crippen molar-refractivity contribution in [3.8, 4) is 0 Å². The highest BCUT2D eigenvalue weighted by molar-refractivity contribution is 5.86. The minimum atomic E-state index is 0.225. The summed E-state index contributed by atoms with van der Waals surface area (Å²) in [6.07, 6.45) is 2.03. The molecule has 2 rings (SSSR count). The summed E-state index contributed by atoms with van der Waals surface area (Å²) in [6, 6.07) is 15.1. The first-order valence-electron chi connectivity index (χ1n) is 6.19. The lowest BCUT2D eigenvalue weighted by molar-refractivity contribution is 0.806. The van der Waals surface area contributed by atoms with E-state index >= 15 is 0 Å². The Kier molecular flexibility index (Phi) is 3.58. The molecular formula is C16H19N. The summed E-state index contributed by atoms with van der Waals surface area (Å²) in [7, 11) is 0. The summed E-state index contributed by atoms with van der Waals surface area (Å²) in [5, 5.41) is 2.60. The molecule has 1 nitrogen and oxygen atoms in total. The number of hydrogen-bond donors (Lipinski definition) is 0. The van der Waals surface area contributed by atoms with Crippen molar-refractivity contribution in [2.24, 2.45) is 10.9 Å². The Hall–Kier alpha value is -1.63. The average Bonchev–Trinajstić information content (AvgIpc) is 2.35. The van der Waals surface area contributed by atoms with E-state index in [4.69, 9.17) is 0 Å². The number of rotatable bonds is 3. The Bertz CT molecular complexity index is 521. The fourth-order valence-corrected chi connectivity index (χ4v) is 2.00. The highest BCUT2D eigenvalue weighted by Crippen LogP contribution is 2.26. The molecule has 0 unspecified atom stereocenters. The standard InChI is InChI=1S/C16H19N/c1-12(2)11-17-13(3)15-10-6-8-14-7-4-5-9-16(14)15/h4-13H,1-3H3/t13-/m1/s1. The Morgan fingerprint density at radius 3 is 2.41 bits per heavy atom. The Labute approximate surface area is 103 Å². The van der Waals surface area contributed by atoms with Crippen LogP contribution in [0.3, 0.4) is 0 Å². The van der Waals surface area contributed by atoms with Gasteiger partial charge in [0.15, 0.2) is 0 Å². The van der Waals surface area contributed by atoms with E-state index in [-0.39, 0.29) is 6.04 Å². The van der Waals surface area contributed by atoms with Crippen molar-refractivity contribution in [3.63, 3.8) is 0 Å². The molecule has 0 saturated carbocycles. The zero-order valence-corrected chi connectivity index (χ0v) is 10.7. The molecule has 0 aliphatic rings. The van der Waals surface area contributed by atoms with E-state index < -0.39 is 0 Å². The van der Waals surface area contributed by atoms with Crippen LogP contribution in [-0.4, -0.2) is 6.21 Å². The van der Waals surface area contributed by atoms with Gasteiger partial charge in [0, 0.05) is 6.21 Å². The van der Waals surface area contributed by atoms with Crippen LogP contribution in [0.1, 0.15) is 32.4 Å². The van der Waals surface area contributed by atoms with Crippen LogP contribution in [0.15, 0.2) is 47.5 Å². The molecule has 0 spiro atoms. The van der Waals surface area contributed by atoms with Gasteiger partial charge in [-0.15, -0.1) is 0 Å². The fourth-order valence-electron chi connectivity index (χ4n) is 2.00. The molecule has 0 aliphatic heterocycles. The smallest absolute Gasteiger partial charge is 0.0723 e. The van der Waals surface area contributed by atoms with Crippen LogP contribution in [0.25, 0.3) is 10.8 Å². The summed E-state index contributed by atoms with van der Waals surface area (Å²) >= 11 is 0. The van der Waals surface area contributed by atoms with E-state index in [0.29, 0.717) is 5.92 Å². The topological polar surface area (TPSA) is 12.4 Å². The molecule has 2 aromatic rings. The normalized spacial score (nSPS) is 13.6. The van der Waals surface area contributed by atoms with Gasteiger partial charge in [-0.1, -0.05) is 56.3 Å². The van der Waals surface area contributed by atoms with E-state index in [1.807, 2.05) is 6.21 Å². The molecule has 0 aliphatic carbocycles. The minimum Gasteiger partial charge on any atom is -0.289 e. The molecule has 0 heterocycles. The maximum atomic E-state index is 4.62. The maximum Gasteiger partial charge on any atom is 0.0723 e. The Balaban J connectivity index is 2.41. The molecule has 0 N–H and O–H groups in total. The number of fused-ring (bicyclic) bond motifs is 1. The summed E-state index contributed by atoms with van der Waals surface area (Å²) in [5.41, 5.74) is 1.31. The van der Waals surface area contributed by atoms with E-state index in [0.717, 1.165) is 0 Å². The highest BCUT2D eigenvalue weighted by Gasteiger charge is 2.06. The van der Waals surface area contributed by atoms with E-state index in [2.05, 4.69) is 68.2 Å². The van der Waals surface area contributed by atoms with Crippen LogP contribution in [0.5, 0.6) is 0 Å². The lowest BCUT2D eigenvalue weighted by atomic mass is 10.00. The van der Waals surface area contributed by atoms with Gasteiger partial charge in [0.2, 0.25) is 0 Å². The quantitative estimate of drug-likeness (QED) is 0.675. The van der Waals surface area contributed by atoms with Crippen molar-refractivity contribution >= 4 is 17.0 Å². The second kappa shape index (κ2) is 5.13. The Morgan fingerprint density at radius 1 is 0.941 bits per heavy atom. The highest BCUT2D eigenvalue weighted by atomic mass is 14.8. The van der Waals surface area contributed by atoms with Gasteiger partial charge in [0.05, 0.1) is 6.04 Å². The zero-order chi connectivity index (χ0) is 12.3. The second-order valence-electron chi connectivity index (χ2n) is 4.79. The van der Waals surface area contributed by atoms with Crippen LogP contribution in [-0.2, 0) is 0 Å². The predicted octanol–water partition coefficient (Wildman–Crippen LogP) is 4.63. The molecule has 0 bridgehead atoms. The van der Waals surface area contributed by atoms with Crippen molar-refractivity contribution in [3.05, 3.63) is 48.0 Å². The van der Waals surface area contributed by atoms with Crippen molar-refractivity contribution in [1.29, 1.82) is 0 Å². The summed E-state index contributed by atoms with van der Waals surface area (Å²) in [5.74, 6) is 0.507. The number of aliphatic imine (C=N–C) groups is 1. The van der Waals surface area contributed by atoms with E-state index in [9.17, 15) is 0 Å². The van der Waals surface area contributed by atoms with Crippen LogP contribution in [0.2, 0.25) is 0 Å². The lowest BCUT2D eigenvalue weighted by Crippen LogP contribution is -1.95. The van der Waals surface area contributed by atoms with Gasteiger partial charge in [-0.2, -0.15) is 0 Å². The third kappa shape index (κ3) is 2.73. The third-order valence-corrected chi connectivity index (χ3v) is 2.88. The molecule has 88 valence electrons. The summed E-state index contributed by atoms with van der Waals surface area (Å²) < 4.78 is 0. The number of benzene rings is 2. The average molecular weight is 225 g/mol. The largest absolute Gasteiger partial charge is 0.289 e. The van der Waals surface area contributed by atoms with Gasteiger partial charge in [-0.3, -0.25) is 4.99 Å². The Morgan fingerprint density at radius 2 is 1.65 bits per heavy atom. The molecule has 2 aromatic carbocycles. The van der Waals surface area contributed by atoms with Crippen molar-refractivity contribution in [2.45, 2.75) is 26.8 Å². The number of nitrogens with zero attached hydrogens (tertiary/aromatic N) is 1. The summed E-state index contributed by atoms with van der Waals surface area (Å²) in [6.45, 7) is 6.46. The van der Waals surface area contributed by atoms with Crippen molar-refractivity contribution < 1.29 is 0 Å². The van der Waals surface area contributed by atoms with Crippen LogP contribution in [0, 0.1) is 5.92 Å². The SMILES string of the molecule is CC(C)C=N[C@H](C)c1cccc2ccccc12. The molecule has 0 saturated heterocycles. The van der Waals surface area contributed by atoms with Gasteiger partial charge in [0.25, 0.3) is 0 Å². The van der Waals surface area contributed by atoms with Crippen LogP contribution >= 0.6 is 0 Å². The first kappa shape index (κ1) is 11.8. The van der Waals surface area contributed by atoms with Crippen molar-refractivity contribution in [2.75, 3.05) is 0 Å². The molecular weight excluding hydrogens is 206 g/mol. The third-order valence-electron chi connectivity index (χ3n) is 2.88. The van der Waals surface area contributed by atoms with E-state index in [1.54, 1.807) is 0 Å². The lowest BCUT2D eigenvalue weighted by Gasteiger charge is -2.11. The predicted molar refractivity (Wildman–Crippen MR) is 75.7 cm³/mol. The molecule has 1 atom stereocenters. The van der Waals surface area contributed by atoms with Gasteiger partial charge in [-0.05, 0) is 29.2 Å². The minimum absolute atomic E-state index is 0.225. The molecule has 1 heteroatoms. The second-order valence-corrected chi connectivity index (χ2v) is 4.79. The molecule has 0 fully saturated rings. The molecule has 17 heavy (non-hydrogen) atoms. The molecule has 0 radical (unpaired) electrons. The fraction of sp³-hybridized carbons (Fsp3) is 0.312. The van der Waals surface area contributed by atoms with E-state index in [1.165, 1.54) is 16.3 Å². The molecule has 0 amide bonds. The monoisotopic (exact) mass is 225 g/mol. The van der Waals surface area contributed by atoms with Gasteiger partial charge >= 0.3 is 0 Å². The maximum absolute atomic E-state index is 4.62. The van der Waals surface area contributed by atoms with Gasteiger partial charge in [-0.25, -0.2) is 0 Å². The van der Waals surface area contributed by atoms with Gasteiger partial charge < -0.3 is 0 Å². The molecule has 0 aromatic heterocycles.